The molecule has 3 aromatic carbocycles. The average molecular weight is 743 g/mol. The lowest BCUT2D eigenvalue weighted by Gasteiger charge is -2.38. The Kier molecular flexibility index (Phi) is 19.6. The number of nitrogen functional groups attached to an aromatic ring is 1. The lowest BCUT2D eigenvalue weighted by atomic mass is 9.99. The number of rotatable bonds is 25. The normalized spacial score (nSPS) is 17.1. The first-order valence-corrected chi connectivity index (χ1v) is 20.7. The molecule has 1 aliphatic heterocycles. The van der Waals surface area contributed by atoms with Gasteiger partial charge < -0.3 is 35.8 Å². The van der Waals surface area contributed by atoms with Gasteiger partial charge in [0, 0.05) is 37.1 Å². The van der Waals surface area contributed by atoms with E-state index in [-0.39, 0.29) is 43.5 Å². The van der Waals surface area contributed by atoms with Crippen LogP contribution in [0.2, 0.25) is 0 Å². The molecule has 1 aliphatic rings. The average Bonchev–Trinajstić information content (AvgIpc) is 3.18. The molecule has 0 saturated carbocycles. The van der Waals surface area contributed by atoms with Crippen LogP contribution in [0.15, 0.2) is 72.8 Å². The van der Waals surface area contributed by atoms with Crippen molar-refractivity contribution in [3.8, 4) is 0 Å². The molecule has 0 bridgehead atoms. The summed E-state index contributed by atoms with van der Waals surface area (Å²) >= 11 is 0. The number of nitrogens with one attached hydrogen (secondary N) is 2. The smallest absolute Gasteiger partial charge is 0.224 e. The molecule has 3 atom stereocenters. The number of aliphatic hydroxyl groups is 1. The predicted octanol–water partition coefficient (Wildman–Crippen LogP) is 10.1. The van der Waals surface area contributed by atoms with Gasteiger partial charge in [0.15, 0.2) is 6.29 Å². The largest absolute Gasteiger partial charge is 0.397 e. The highest BCUT2D eigenvalue weighted by Gasteiger charge is 2.33. The summed E-state index contributed by atoms with van der Waals surface area (Å²) < 4.78 is 13.4. The fraction of sp³-hybridized carbons (Fsp3) is 0.556. The summed E-state index contributed by atoms with van der Waals surface area (Å²) in [6, 6.07) is 22.8. The van der Waals surface area contributed by atoms with Crippen molar-refractivity contribution in [1.82, 2.24) is 4.90 Å². The Morgan fingerprint density at radius 2 is 1.28 bits per heavy atom. The first-order valence-electron chi connectivity index (χ1n) is 20.7. The molecule has 5 N–H and O–H groups in total. The fourth-order valence-corrected chi connectivity index (χ4v) is 7.03. The van der Waals surface area contributed by atoms with Gasteiger partial charge >= 0.3 is 0 Å². The molecule has 54 heavy (non-hydrogen) atoms. The number of carbonyl (C=O) groups excluding carboxylic acids is 2. The Morgan fingerprint density at radius 1 is 0.704 bits per heavy atom. The van der Waals surface area contributed by atoms with Crippen LogP contribution >= 0.6 is 0 Å². The van der Waals surface area contributed by atoms with Crippen molar-refractivity contribution < 1.29 is 24.2 Å². The zero-order chi connectivity index (χ0) is 38.4. The molecule has 1 fully saturated rings. The summed E-state index contributed by atoms with van der Waals surface area (Å²) in [5, 5.41) is 15.4. The van der Waals surface area contributed by atoms with E-state index < -0.39 is 6.29 Å². The number of nitrogens with two attached hydrogens (primary N) is 1. The van der Waals surface area contributed by atoms with Gasteiger partial charge in [-0.25, -0.2) is 0 Å². The molecular weight excluding hydrogens is 677 g/mol. The topological polar surface area (TPSA) is 126 Å². The summed E-state index contributed by atoms with van der Waals surface area (Å²) in [7, 11) is 0. The van der Waals surface area contributed by atoms with Crippen LogP contribution < -0.4 is 16.4 Å². The monoisotopic (exact) mass is 743 g/mol. The number of hydrogen-bond acceptors (Lipinski definition) is 7. The molecule has 4 rings (SSSR count). The zero-order valence-electron chi connectivity index (χ0n) is 32.9. The zero-order valence-corrected chi connectivity index (χ0v) is 32.9. The number of para-hydroxylation sites is 2. The van der Waals surface area contributed by atoms with E-state index in [9.17, 15) is 14.7 Å². The lowest BCUT2D eigenvalue weighted by molar-refractivity contribution is -0.253. The second-order valence-electron chi connectivity index (χ2n) is 14.8. The quantitative estimate of drug-likeness (QED) is 0.0503. The second-order valence-corrected chi connectivity index (χ2v) is 14.8. The number of aliphatic hydroxyl groups excluding tert-OH is 1. The maximum Gasteiger partial charge on any atom is 0.224 e. The molecule has 296 valence electrons. The van der Waals surface area contributed by atoms with Crippen LogP contribution in [0.1, 0.15) is 146 Å². The molecule has 9 nitrogen and oxygen atoms in total. The van der Waals surface area contributed by atoms with Crippen molar-refractivity contribution in [1.29, 1.82) is 0 Å². The SMILES string of the molecule is CCCCCCCCN(CCCCCCCC)C[C@@H]1C[C@H](c2ccc(CO)cc2)O[C@H](c2ccc(NC(=O)CCCC(=O)Nc3ccccc3N)cc2)O1. The highest BCUT2D eigenvalue weighted by Crippen LogP contribution is 2.38. The van der Waals surface area contributed by atoms with E-state index in [4.69, 9.17) is 15.2 Å². The molecule has 0 spiro atoms. The Labute approximate surface area is 324 Å². The van der Waals surface area contributed by atoms with Gasteiger partial charge in [0.25, 0.3) is 0 Å². The molecule has 0 radical (unpaired) electrons. The molecule has 0 aliphatic carbocycles. The first-order chi connectivity index (χ1) is 26.4. The second kappa shape index (κ2) is 24.6. The molecular formula is C45H66N4O5. The Bertz CT molecular complexity index is 1480. The number of ether oxygens (including phenoxy) is 2. The maximum absolute atomic E-state index is 12.7. The Hall–Kier alpha value is -3.76. The number of anilines is 3. The number of benzene rings is 3. The van der Waals surface area contributed by atoms with Gasteiger partial charge in [0.2, 0.25) is 11.8 Å². The minimum absolute atomic E-state index is 0.00798. The number of hydrogen-bond donors (Lipinski definition) is 4. The summed E-state index contributed by atoms with van der Waals surface area (Å²) in [6.07, 6.45) is 16.3. The first kappa shape index (κ1) is 43.0. The van der Waals surface area contributed by atoms with Gasteiger partial charge in [-0.05, 0) is 67.7 Å². The van der Waals surface area contributed by atoms with Crippen LogP contribution in [0.5, 0.6) is 0 Å². The molecule has 1 heterocycles. The molecule has 0 unspecified atom stereocenters. The third kappa shape index (κ3) is 15.5. The maximum atomic E-state index is 12.7. The molecule has 0 aromatic heterocycles. The van der Waals surface area contributed by atoms with Crippen molar-refractivity contribution >= 4 is 28.9 Å². The predicted molar refractivity (Wildman–Crippen MR) is 220 cm³/mol. The molecule has 1 saturated heterocycles. The van der Waals surface area contributed by atoms with Crippen molar-refractivity contribution in [2.24, 2.45) is 0 Å². The van der Waals surface area contributed by atoms with Crippen LogP contribution in [0, 0.1) is 0 Å². The van der Waals surface area contributed by atoms with Gasteiger partial charge in [-0.3, -0.25) is 9.59 Å². The number of nitrogens with zero attached hydrogens (tertiary/aromatic N) is 1. The molecule has 3 aromatic rings. The van der Waals surface area contributed by atoms with Crippen molar-refractivity contribution in [3.05, 3.63) is 89.5 Å². The van der Waals surface area contributed by atoms with Gasteiger partial charge in [0.1, 0.15) is 0 Å². The van der Waals surface area contributed by atoms with Crippen molar-refractivity contribution in [3.63, 3.8) is 0 Å². The minimum Gasteiger partial charge on any atom is -0.397 e. The van der Waals surface area contributed by atoms with Gasteiger partial charge in [-0.1, -0.05) is 127 Å². The fourth-order valence-electron chi connectivity index (χ4n) is 7.03. The van der Waals surface area contributed by atoms with E-state index in [1.807, 2.05) is 48.5 Å². The van der Waals surface area contributed by atoms with E-state index in [1.165, 1.54) is 77.0 Å². The van der Waals surface area contributed by atoms with Crippen LogP contribution in [-0.4, -0.2) is 47.6 Å². The third-order valence-electron chi connectivity index (χ3n) is 10.2. The van der Waals surface area contributed by atoms with E-state index in [2.05, 4.69) is 41.5 Å². The van der Waals surface area contributed by atoms with E-state index in [0.717, 1.165) is 42.7 Å². The molecule has 9 heteroatoms. The van der Waals surface area contributed by atoms with Crippen LogP contribution in [-0.2, 0) is 25.7 Å². The van der Waals surface area contributed by atoms with Crippen LogP contribution in [0.3, 0.4) is 0 Å². The lowest BCUT2D eigenvalue weighted by Crippen LogP contribution is -2.40. The standard InChI is InChI=1S/C45H66N4O5/c1-3-5-7-9-11-15-30-49(31-16-12-10-8-6-4-2)33-39-32-42(36-24-22-35(34-50)23-25-36)54-45(53-39)37-26-28-38(29-27-37)47-43(51)20-17-21-44(52)48-41-19-14-13-18-40(41)46/h13-14,18-19,22-29,39,42,45,50H,3-12,15-17,20-21,30-34,46H2,1-2H3,(H,47,51)(H,48,52)/t39-,42+,45+/m0/s1. The number of amides is 2. The van der Waals surface area contributed by atoms with Crippen molar-refractivity contribution in [2.45, 2.75) is 142 Å². The highest BCUT2D eigenvalue weighted by molar-refractivity contribution is 5.94. The Balaban J connectivity index is 1.36. The third-order valence-corrected chi connectivity index (χ3v) is 10.2. The van der Waals surface area contributed by atoms with Crippen molar-refractivity contribution in [2.75, 3.05) is 36.0 Å². The van der Waals surface area contributed by atoms with E-state index in [1.54, 1.807) is 12.1 Å². The molecule has 2 amide bonds. The summed E-state index contributed by atoms with van der Waals surface area (Å²) in [5.41, 5.74) is 10.5. The Morgan fingerprint density at radius 3 is 1.89 bits per heavy atom. The van der Waals surface area contributed by atoms with E-state index >= 15 is 0 Å². The number of unbranched alkanes of at least 4 members (excludes halogenated alkanes) is 10. The van der Waals surface area contributed by atoms with Gasteiger partial charge in [-0.2, -0.15) is 0 Å². The van der Waals surface area contributed by atoms with Crippen LogP contribution in [0.25, 0.3) is 0 Å². The van der Waals surface area contributed by atoms with Gasteiger partial charge in [-0.15, -0.1) is 0 Å². The summed E-state index contributed by atoms with van der Waals surface area (Å²) in [6.45, 7) is 7.57. The summed E-state index contributed by atoms with van der Waals surface area (Å²) in [5.74, 6) is -0.325. The summed E-state index contributed by atoms with van der Waals surface area (Å²) in [4.78, 5) is 27.7. The van der Waals surface area contributed by atoms with E-state index in [0.29, 0.717) is 23.5 Å². The minimum atomic E-state index is -0.557. The van der Waals surface area contributed by atoms with Gasteiger partial charge in [0.05, 0.1) is 30.2 Å². The number of carbonyl (C=O) groups is 2. The van der Waals surface area contributed by atoms with Crippen LogP contribution in [0.4, 0.5) is 17.1 Å². The highest BCUT2D eigenvalue weighted by atomic mass is 16.7.